The molecule has 2 aromatic rings. The Hall–Kier alpha value is -1.22. The van der Waals surface area contributed by atoms with Crippen LogP contribution < -0.4 is 0 Å². The highest BCUT2D eigenvalue weighted by atomic mass is 32.1. The molecule has 0 aliphatic carbocycles. The number of ether oxygens (including phenoxy) is 1. The lowest BCUT2D eigenvalue weighted by molar-refractivity contribution is -0.231. The summed E-state index contributed by atoms with van der Waals surface area (Å²) in [5.74, 6) is 0.0562. The first-order valence-electron chi connectivity index (χ1n) is 6.53. The molecular weight excluding hydrogens is 296 g/mol. The maximum absolute atomic E-state index is 10.1. The smallest absolute Gasteiger partial charge is 0.124 e. The van der Waals surface area contributed by atoms with Gasteiger partial charge in [0.05, 0.1) is 6.61 Å². The molecule has 5 N–H and O–H groups in total. The van der Waals surface area contributed by atoms with Crippen LogP contribution in [0.15, 0.2) is 23.6 Å². The van der Waals surface area contributed by atoms with Gasteiger partial charge in [-0.2, -0.15) is 0 Å². The van der Waals surface area contributed by atoms with Gasteiger partial charge in [0.25, 0.3) is 0 Å². The number of rotatable bonds is 2. The third-order valence-electron chi connectivity index (χ3n) is 3.79. The number of aromatic hydroxyl groups is 1. The number of fused-ring (bicyclic) bond motifs is 1. The van der Waals surface area contributed by atoms with Crippen LogP contribution in [-0.2, 0) is 4.74 Å². The second-order valence-electron chi connectivity index (χ2n) is 5.12. The van der Waals surface area contributed by atoms with E-state index in [-0.39, 0.29) is 5.75 Å². The van der Waals surface area contributed by atoms with E-state index in [1.54, 1.807) is 12.1 Å². The fourth-order valence-corrected chi connectivity index (χ4v) is 3.47. The molecule has 2 heterocycles. The summed E-state index contributed by atoms with van der Waals surface area (Å²) in [4.78, 5) is 0. The molecule has 7 heteroatoms. The predicted molar refractivity (Wildman–Crippen MR) is 76.2 cm³/mol. The van der Waals surface area contributed by atoms with Gasteiger partial charge in [-0.1, -0.05) is 0 Å². The van der Waals surface area contributed by atoms with Crippen LogP contribution >= 0.6 is 11.3 Å². The Balaban J connectivity index is 2.00. The van der Waals surface area contributed by atoms with Crippen LogP contribution in [0.4, 0.5) is 0 Å². The number of thiophene rings is 1. The van der Waals surface area contributed by atoms with Gasteiger partial charge in [0.2, 0.25) is 0 Å². The Labute approximate surface area is 124 Å². The van der Waals surface area contributed by atoms with Gasteiger partial charge in [-0.15, -0.1) is 11.3 Å². The molecule has 5 atom stereocenters. The molecule has 0 spiro atoms. The fraction of sp³-hybridized carbons (Fsp3) is 0.429. The number of aliphatic hydroxyl groups excluding tert-OH is 4. The van der Waals surface area contributed by atoms with Crippen molar-refractivity contribution in [1.82, 2.24) is 0 Å². The Morgan fingerprint density at radius 1 is 1.10 bits per heavy atom. The van der Waals surface area contributed by atoms with Crippen molar-refractivity contribution in [2.75, 3.05) is 6.61 Å². The van der Waals surface area contributed by atoms with E-state index in [4.69, 9.17) is 4.74 Å². The molecule has 1 fully saturated rings. The monoisotopic (exact) mass is 312 g/mol. The SMILES string of the molecule is OCC1OC(c2cc(O)c3ccsc3c2)C(O)C(O)C1O. The van der Waals surface area contributed by atoms with Gasteiger partial charge in [-0.3, -0.25) is 0 Å². The summed E-state index contributed by atoms with van der Waals surface area (Å²) in [5, 5.41) is 51.4. The van der Waals surface area contributed by atoms with Crippen molar-refractivity contribution in [2.45, 2.75) is 30.5 Å². The lowest BCUT2D eigenvalue weighted by Crippen LogP contribution is -2.55. The van der Waals surface area contributed by atoms with Crippen LogP contribution in [-0.4, -0.2) is 56.6 Å². The third-order valence-corrected chi connectivity index (χ3v) is 4.66. The largest absolute Gasteiger partial charge is 0.507 e. The summed E-state index contributed by atoms with van der Waals surface area (Å²) in [6, 6.07) is 5.00. The first-order valence-corrected chi connectivity index (χ1v) is 7.41. The topological polar surface area (TPSA) is 110 Å². The molecule has 1 aliphatic heterocycles. The lowest BCUT2D eigenvalue weighted by atomic mass is 9.91. The zero-order valence-corrected chi connectivity index (χ0v) is 11.8. The summed E-state index contributed by atoms with van der Waals surface area (Å²) in [6.07, 6.45) is -6.06. The van der Waals surface area contributed by atoms with E-state index in [2.05, 4.69) is 0 Å². The molecule has 3 rings (SSSR count). The summed E-state index contributed by atoms with van der Waals surface area (Å²) in [6.45, 7) is -0.478. The van der Waals surface area contributed by atoms with Crippen LogP contribution in [0.2, 0.25) is 0 Å². The number of phenols is 1. The van der Waals surface area contributed by atoms with Crippen molar-refractivity contribution < 1.29 is 30.3 Å². The maximum atomic E-state index is 10.1. The minimum absolute atomic E-state index is 0.0562. The molecule has 0 radical (unpaired) electrons. The normalized spacial score (nSPS) is 33.4. The molecule has 0 bridgehead atoms. The molecule has 6 nitrogen and oxygen atoms in total. The quantitative estimate of drug-likeness (QED) is 0.539. The summed E-state index contributed by atoms with van der Waals surface area (Å²) in [7, 11) is 0. The second kappa shape index (κ2) is 5.53. The van der Waals surface area contributed by atoms with Crippen molar-refractivity contribution in [3.05, 3.63) is 29.1 Å². The molecule has 1 aromatic heterocycles. The van der Waals surface area contributed by atoms with Crippen LogP contribution in [0.25, 0.3) is 10.1 Å². The molecule has 114 valence electrons. The Morgan fingerprint density at radius 3 is 2.57 bits per heavy atom. The number of phenolic OH excluding ortho intramolecular Hbond substituents is 1. The number of aliphatic hydroxyl groups is 4. The molecule has 5 unspecified atom stereocenters. The van der Waals surface area contributed by atoms with Crippen molar-refractivity contribution in [3.63, 3.8) is 0 Å². The first-order chi connectivity index (χ1) is 10.0. The van der Waals surface area contributed by atoms with Gasteiger partial charge in [0.1, 0.15) is 36.3 Å². The molecule has 1 saturated heterocycles. The molecule has 0 saturated carbocycles. The minimum atomic E-state index is -1.43. The average molecular weight is 312 g/mol. The number of hydrogen-bond acceptors (Lipinski definition) is 7. The van der Waals surface area contributed by atoms with E-state index >= 15 is 0 Å². The second-order valence-corrected chi connectivity index (χ2v) is 6.07. The summed E-state index contributed by atoms with van der Waals surface area (Å²) < 4.78 is 6.30. The average Bonchev–Trinajstić information content (AvgIpc) is 2.94. The highest BCUT2D eigenvalue weighted by molar-refractivity contribution is 7.17. The van der Waals surface area contributed by atoms with Gasteiger partial charge in [0.15, 0.2) is 0 Å². The fourth-order valence-electron chi connectivity index (χ4n) is 2.61. The van der Waals surface area contributed by atoms with E-state index in [0.29, 0.717) is 10.9 Å². The first kappa shape index (κ1) is 14.7. The van der Waals surface area contributed by atoms with Crippen molar-refractivity contribution in [2.24, 2.45) is 0 Å². The molecule has 1 aromatic carbocycles. The van der Waals surface area contributed by atoms with Crippen LogP contribution in [0.1, 0.15) is 11.7 Å². The predicted octanol–water partition coefficient (Wildman–Crippen LogP) is 0.122. The molecular formula is C14H16O6S. The van der Waals surface area contributed by atoms with Crippen LogP contribution in [0.3, 0.4) is 0 Å². The van der Waals surface area contributed by atoms with Gasteiger partial charge >= 0.3 is 0 Å². The zero-order valence-electron chi connectivity index (χ0n) is 11.0. The summed E-state index contributed by atoms with van der Waals surface area (Å²) >= 11 is 1.43. The Kier molecular flexibility index (Phi) is 3.87. The Morgan fingerprint density at radius 2 is 1.86 bits per heavy atom. The highest BCUT2D eigenvalue weighted by Gasteiger charge is 2.44. The molecule has 21 heavy (non-hydrogen) atoms. The van der Waals surface area contributed by atoms with E-state index in [1.807, 2.05) is 5.38 Å². The number of hydrogen-bond donors (Lipinski definition) is 5. The van der Waals surface area contributed by atoms with Crippen molar-refractivity contribution in [3.8, 4) is 5.75 Å². The van der Waals surface area contributed by atoms with Crippen LogP contribution in [0, 0.1) is 0 Å². The van der Waals surface area contributed by atoms with Gasteiger partial charge in [-0.05, 0) is 29.1 Å². The van der Waals surface area contributed by atoms with E-state index in [1.165, 1.54) is 17.4 Å². The maximum Gasteiger partial charge on any atom is 0.124 e. The van der Waals surface area contributed by atoms with Gasteiger partial charge in [-0.25, -0.2) is 0 Å². The van der Waals surface area contributed by atoms with Crippen molar-refractivity contribution >= 4 is 21.4 Å². The standard InChI is InChI=1S/C14H16O6S/c15-5-9-11(17)12(18)13(19)14(20-9)6-3-8(16)7-1-2-21-10(7)4-6/h1-4,9,11-19H,5H2. The van der Waals surface area contributed by atoms with Crippen LogP contribution in [0.5, 0.6) is 5.75 Å². The van der Waals surface area contributed by atoms with Gasteiger partial charge in [0, 0.05) is 10.1 Å². The van der Waals surface area contributed by atoms with E-state index in [0.717, 1.165) is 4.70 Å². The zero-order chi connectivity index (χ0) is 15.1. The van der Waals surface area contributed by atoms with Crippen molar-refractivity contribution in [1.29, 1.82) is 0 Å². The Bertz CT molecular complexity index is 639. The molecule has 0 amide bonds. The molecule has 1 aliphatic rings. The third kappa shape index (κ3) is 2.42. The highest BCUT2D eigenvalue weighted by Crippen LogP contribution is 2.38. The van der Waals surface area contributed by atoms with E-state index < -0.39 is 37.1 Å². The number of benzene rings is 1. The van der Waals surface area contributed by atoms with E-state index in [9.17, 15) is 25.5 Å². The summed E-state index contributed by atoms with van der Waals surface area (Å²) in [5.41, 5.74) is 0.486. The van der Waals surface area contributed by atoms with Gasteiger partial charge < -0.3 is 30.3 Å². The minimum Gasteiger partial charge on any atom is -0.507 e. The lowest BCUT2D eigenvalue weighted by Gasteiger charge is -2.40.